The minimum Gasteiger partial charge on any atom is -0.353 e. The van der Waals surface area contributed by atoms with E-state index < -0.39 is 5.69 Å². The van der Waals surface area contributed by atoms with Crippen LogP contribution in [0.4, 0.5) is 0 Å². The number of hydrogen-bond donors (Lipinski definition) is 2. The summed E-state index contributed by atoms with van der Waals surface area (Å²) in [6, 6.07) is 7.16. The van der Waals surface area contributed by atoms with Gasteiger partial charge in [-0.2, -0.15) is 0 Å². The summed E-state index contributed by atoms with van der Waals surface area (Å²) in [7, 11) is 0. The first-order valence-electron chi connectivity index (χ1n) is 12.2. The first-order valence-corrected chi connectivity index (χ1v) is 12.2. The van der Waals surface area contributed by atoms with Crippen molar-refractivity contribution in [3.05, 3.63) is 45.1 Å². The Balaban J connectivity index is 1.46. The number of hydrogen-bond acceptors (Lipinski definition) is 5. The molecule has 2 saturated carbocycles. The molecule has 10 nitrogen and oxygen atoms in total. The Bertz CT molecular complexity index is 1340. The van der Waals surface area contributed by atoms with E-state index >= 15 is 0 Å². The molecule has 0 unspecified atom stereocenters. The lowest BCUT2D eigenvalue weighted by atomic mass is 10.2. The quantitative estimate of drug-likeness (QED) is 0.544. The molecule has 10 heteroatoms. The standard InChI is InChI=1S/C24H30N6O4/c31-20(25-16-7-1-2-8-16)13-14-28-22(33)18-11-5-6-12-19(18)30-23(28)27-29(24(30)34)15-21(32)26-17-9-3-4-10-17/h5-6,11-12,16-17H,1-4,7-10,13-15H2,(H,25,31)(H,26,32). The number of aromatic nitrogens is 4. The molecule has 34 heavy (non-hydrogen) atoms. The van der Waals surface area contributed by atoms with Gasteiger partial charge in [0.15, 0.2) is 0 Å². The molecule has 2 aliphatic rings. The predicted octanol–water partition coefficient (Wildman–Crippen LogP) is 1.32. The maximum atomic E-state index is 13.3. The zero-order chi connectivity index (χ0) is 23.7. The van der Waals surface area contributed by atoms with E-state index in [1.165, 1.54) is 8.97 Å². The van der Waals surface area contributed by atoms with Gasteiger partial charge >= 0.3 is 5.69 Å². The summed E-state index contributed by atoms with van der Waals surface area (Å²) in [6.07, 6.45) is 8.36. The van der Waals surface area contributed by atoms with Crippen LogP contribution in [0.3, 0.4) is 0 Å². The van der Waals surface area contributed by atoms with Crippen LogP contribution in [0.15, 0.2) is 33.9 Å². The number of nitrogens with zero attached hydrogens (tertiary/aromatic N) is 4. The largest absolute Gasteiger partial charge is 0.353 e. The average molecular weight is 467 g/mol. The first-order chi connectivity index (χ1) is 16.5. The number of benzene rings is 1. The summed E-state index contributed by atoms with van der Waals surface area (Å²) in [5.74, 6) is -0.259. The molecule has 2 aliphatic carbocycles. The third-order valence-corrected chi connectivity index (χ3v) is 6.98. The number of para-hydroxylation sites is 1. The van der Waals surface area contributed by atoms with Gasteiger partial charge in [0.05, 0.1) is 10.9 Å². The molecule has 2 heterocycles. The number of nitrogens with one attached hydrogen (secondary N) is 2. The molecule has 2 amide bonds. The number of amides is 2. The van der Waals surface area contributed by atoms with Crippen LogP contribution in [-0.4, -0.2) is 42.6 Å². The molecular formula is C24H30N6O4. The van der Waals surface area contributed by atoms with Gasteiger partial charge in [0.2, 0.25) is 17.6 Å². The van der Waals surface area contributed by atoms with Gasteiger partial charge in [-0.25, -0.2) is 13.9 Å². The number of carbonyl (C=O) groups is 2. The van der Waals surface area contributed by atoms with E-state index in [2.05, 4.69) is 15.7 Å². The summed E-state index contributed by atoms with van der Waals surface area (Å²) in [5, 5.41) is 10.7. The maximum absolute atomic E-state index is 13.3. The van der Waals surface area contributed by atoms with Gasteiger partial charge in [-0.15, -0.1) is 5.10 Å². The lowest BCUT2D eigenvalue weighted by Gasteiger charge is -2.13. The normalized spacial score (nSPS) is 17.1. The fraction of sp³-hybridized carbons (Fsp3) is 0.542. The Morgan fingerprint density at radius 2 is 1.53 bits per heavy atom. The lowest BCUT2D eigenvalue weighted by molar-refractivity contribution is -0.123. The molecule has 1 aromatic carbocycles. The summed E-state index contributed by atoms with van der Waals surface area (Å²) >= 11 is 0. The van der Waals surface area contributed by atoms with Crippen molar-refractivity contribution in [2.45, 2.75) is 83.0 Å². The lowest BCUT2D eigenvalue weighted by Crippen LogP contribution is -2.37. The van der Waals surface area contributed by atoms with Crippen LogP contribution in [-0.2, 0) is 22.7 Å². The van der Waals surface area contributed by atoms with Crippen molar-refractivity contribution in [3.8, 4) is 0 Å². The highest BCUT2D eigenvalue weighted by Crippen LogP contribution is 2.18. The van der Waals surface area contributed by atoms with Crippen molar-refractivity contribution in [2.75, 3.05) is 0 Å². The Kier molecular flexibility index (Phi) is 6.21. The third kappa shape index (κ3) is 4.36. The average Bonchev–Trinajstić information content (AvgIpc) is 3.57. The van der Waals surface area contributed by atoms with Gasteiger partial charge in [-0.05, 0) is 37.8 Å². The molecule has 2 aromatic heterocycles. The van der Waals surface area contributed by atoms with Gasteiger partial charge in [0.1, 0.15) is 6.54 Å². The van der Waals surface area contributed by atoms with E-state index in [9.17, 15) is 19.2 Å². The SMILES string of the molecule is O=C(CCn1c(=O)c2ccccc2n2c(=O)n(CC(=O)NC3CCCC3)nc12)NC1CCCC1. The van der Waals surface area contributed by atoms with E-state index in [0.29, 0.717) is 10.9 Å². The van der Waals surface area contributed by atoms with Crippen LogP contribution in [0.5, 0.6) is 0 Å². The second-order valence-electron chi connectivity index (χ2n) is 9.40. The second-order valence-corrected chi connectivity index (χ2v) is 9.40. The molecule has 0 atom stereocenters. The van der Waals surface area contributed by atoms with Crippen LogP contribution in [0.1, 0.15) is 57.8 Å². The van der Waals surface area contributed by atoms with Crippen LogP contribution in [0, 0.1) is 0 Å². The first kappa shape index (κ1) is 22.4. The van der Waals surface area contributed by atoms with Gasteiger partial charge in [0, 0.05) is 25.0 Å². The van der Waals surface area contributed by atoms with Crippen LogP contribution in [0.25, 0.3) is 16.7 Å². The Hall–Kier alpha value is -3.43. The topological polar surface area (TPSA) is 120 Å². The molecule has 0 spiro atoms. The molecule has 0 bridgehead atoms. The van der Waals surface area contributed by atoms with Crippen molar-refractivity contribution >= 4 is 28.5 Å². The number of aryl methyl sites for hydroxylation is 1. The highest BCUT2D eigenvalue weighted by atomic mass is 16.2. The van der Waals surface area contributed by atoms with E-state index in [4.69, 9.17) is 0 Å². The number of fused-ring (bicyclic) bond motifs is 3. The minimum atomic E-state index is -0.489. The number of carbonyl (C=O) groups excluding carboxylic acids is 2. The van der Waals surface area contributed by atoms with Crippen LogP contribution < -0.4 is 21.9 Å². The number of rotatable bonds is 7. The van der Waals surface area contributed by atoms with E-state index in [0.717, 1.165) is 56.0 Å². The fourth-order valence-corrected chi connectivity index (χ4v) is 5.23. The Morgan fingerprint density at radius 1 is 0.912 bits per heavy atom. The zero-order valence-corrected chi connectivity index (χ0v) is 19.2. The molecule has 5 rings (SSSR count). The van der Waals surface area contributed by atoms with Crippen molar-refractivity contribution in [2.24, 2.45) is 0 Å². The van der Waals surface area contributed by atoms with Gasteiger partial charge in [-0.1, -0.05) is 37.8 Å². The summed E-state index contributed by atoms with van der Waals surface area (Å²) < 4.78 is 3.82. The highest BCUT2D eigenvalue weighted by Gasteiger charge is 2.22. The molecule has 2 fully saturated rings. The van der Waals surface area contributed by atoms with Gasteiger partial charge < -0.3 is 10.6 Å². The summed E-state index contributed by atoms with van der Waals surface area (Å²) in [6.45, 7) is -0.127. The van der Waals surface area contributed by atoms with Crippen molar-refractivity contribution < 1.29 is 9.59 Å². The van der Waals surface area contributed by atoms with E-state index in [-0.39, 0.29) is 54.7 Å². The van der Waals surface area contributed by atoms with Crippen molar-refractivity contribution in [1.29, 1.82) is 0 Å². The second kappa shape index (κ2) is 9.44. The maximum Gasteiger partial charge on any atom is 0.352 e. The van der Waals surface area contributed by atoms with Crippen molar-refractivity contribution in [3.63, 3.8) is 0 Å². The molecule has 0 saturated heterocycles. The minimum absolute atomic E-state index is 0.0937. The van der Waals surface area contributed by atoms with Crippen LogP contribution >= 0.6 is 0 Å². The fourth-order valence-electron chi connectivity index (χ4n) is 5.23. The third-order valence-electron chi connectivity index (χ3n) is 6.98. The molecule has 180 valence electrons. The van der Waals surface area contributed by atoms with Crippen LogP contribution in [0.2, 0.25) is 0 Å². The monoisotopic (exact) mass is 466 g/mol. The Labute approximate surface area is 195 Å². The summed E-state index contributed by atoms with van der Waals surface area (Å²) in [4.78, 5) is 51.5. The molecule has 0 radical (unpaired) electrons. The van der Waals surface area contributed by atoms with E-state index in [1.807, 2.05) is 0 Å². The zero-order valence-electron chi connectivity index (χ0n) is 19.2. The summed E-state index contributed by atoms with van der Waals surface area (Å²) in [5.41, 5.74) is -0.372. The van der Waals surface area contributed by atoms with Gasteiger partial charge in [-0.3, -0.25) is 19.0 Å². The molecule has 3 aromatic rings. The molecule has 0 aliphatic heterocycles. The molecular weight excluding hydrogens is 436 g/mol. The smallest absolute Gasteiger partial charge is 0.352 e. The van der Waals surface area contributed by atoms with Crippen molar-refractivity contribution in [1.82, 2.24) is 29.4 Å². The Morgan fingerprint density at radius 3 is 2.21 bits per heavy atom. The van der Waals surface area contributed by atoms with E-state index in [1.54, 1.807) is 24.3 Å². The van der Waals surface area contributed by atoms with Gasteiger partial charge in [0.25, 0.3) is 5.56 Å². The molecule has 2 N–H and O–H groups in total. The highest BCUT2D eigenvalue weighted by molar-refractivity contribution is 5.80. The predicted molar refractivity (Wildman–Crippen MR) is 127 cm³/mol.